The van der Waals surface area contributed by atoms with Crippen molar-refractivity contribution < 1.29 is 4.90 Å². The molecule has 1 aliphatic carbocycles. The summed E-state index contributed by atoms with van der Waals surface area (Å²) in [6.07, 6.45) is 10.3. The first-order valence-corrected chi connectivity index (χ1v) is 7.25. The van der Waals surface area contributed by atoms with E-state index in [9.17, 15) is 0 Å². The molecule has 16 heavy (non-hydrogen) atoms. The Kier molecular flexibility index (Phi) is 4.66. The summed E-state index contributed by atoms with van der Waals surface area (Å²) in [7, 11) is 4.47. The van der Waals surface area contributed by atoms with E-state index in [0.29, 0.717) is 0 Å². The van der Waals surface area contributed by atoms with E-state index in [4.69, 9.17) is 0 Å². The van der Waals surface area contributed by atoms with Crippen LogP contribution in [0.2, 0.25) is 0 Å². The molecule has 2 fully saturated rings. The predicted molar refractivity (Wildman–Crippen MR) is 68.8 cm³/mol. The van der Waals surface area contributed by atoms with E-state index in [1.54, 1.807) is 0 Å². The third-order valence-corrected chi connectivity index (χ3v) is 4.69. The molecule has 2 nitrogen and oxygen atoms in total. The second kappa shape index (κ2) is 6.02. The molecule has 0 amide bonds. The predicted octanol–water partition coefficient (Wildman–Crippen LogP) is 1.18. The molecule has 1 saturated carbocycles. The first-order valence-electron chi connectivity index (χ1n) is 7.25. The highest BCUT2D eigenvalue weighted by atomic mass is 15.2. The molecule has 0 aromatic rings. The lowest BCUT2D eigenvalue weighted by Gasteiger charge is -2.35. The molecule has 0 aromatic heterocycles. The van der Waals surface area contributed by atoms with Crippen LogP contribution < -0.4 is 4.90 Å². The molecule has 1 heterocycles. The summed E-state index contributed by atoms with van der Waals surface area (Å²) < 4.78 is 0. The van der Waals surface area contributed by atoms with Crippen LogP contribution in [0.3, 0.4) is 0 Å². The van der Waals surface area contributed by atoms with Crippen molar-refractivity contribution in [1.82, 2.24) is 4.90 Å². The lowest BCUT2D eigenvalue weighted by atomic mass is 9.88. The van der Waals surface area contributed by atoms with Crippen molar-refractivity contribution in [3.63, 3.8) is 0 Å². The number of rotatable bonds is 3. The number of nitrogens with one attached hydrogen (secondary N) is 1. The van der Waals surface area contributed by atoms with Gasteiger partial charge in [-0.15, -0.1) is 0 Å². The summed E-state index contributed by atoms with van der Waals surface area (Å²) in [4.78, 5) is 4.31. The monoisotopic (exact) mass is 225 g/mol. The number of piperidine rings is 1. The second-order valence-electron chi connectivity index (χ2n) is 6.15. The average Bonchev–Trinajstić information content (AvgIpc) is 2.31. The van der Waals surface area contributed by atoms with Gasteiger partial charge in [0.25, 0.3) is 0 Å². The highest BCUT2D eigenvalue weighted by Gasteiger charge is 2.26. The van der Waals surface area contributed by atoms with Crippen molar-refractivity contribution in [3.05, 3.63) is 0 Å². The van der Waals surface area contributed by atoms with E-state index in [1.165, 1.54) is 64.6 Å². The molecule has 0 aromatic carbocycles. The third kappa shape index (κ3) is 3.46. The van der Waals surface area contributed by atoms with Gasteiger partial charge in [0.1, 0.15) is 0 Å². The minimum Gasteiger partial charge on any atom is -0.335 e. The fraction of sp³-hybridized carbons (Fsp3) is 1.00. The minimum absolute atomic E-state index is 0.857. The Balaban J connectivity index is 1.68. The summed E-state index contributed by atoms with van der Waals surface area (Å²) in [5.74, 6) is 1.06. The number of likely N-dealkylation sites (tertiary alicyclic amines) is 1. The molecule has 0 spiro atoms. The first kappa shape index (κ1) is 12.4. The maximum atomic E-state index is 2.41. The Morgan fingerprint density at radius 3 is 2.12 bits per heavy atom. The Labute approximate surface area is 101 Å². The van der Waals surface area contributed by atoms with Crippen LogP contribution in [0.15, 0.2) is 0 Å². The minimum atomic E-state index is 0.857. The van der Waals surface area contributed by atoms with Crippen LogP contribution in [0, 0.1) is 5.92 Å². The van der Waals surface area contributed by atoms with Crippen LogP contribution in [0.5, 0.6) is 0 Å². The smallest absolute Gasteiger partial charge is 0.0799 e. The van der Waals surface area contributed by atoms with Crippen LogP contribution in [0.4, 0.5) is 0 Å². The van der Waals surface area contributed by atoms with Gasteiger partial charge < -0.3 is 9.80 Å². The van der Waals surface area contributed by atoms with Gasteiger partial charge in [-0.25, -0.2) is 0 Å². The number of nitrogens with zero attached hydrogens (tertiary/aromatic N) is 1. The van der Waals surface area contributed by atoms with E-state index >= 15 is 0 Å². The molecule has 0 unspecified atom stereocenters. The van der Waals surface area contributed by atoms with Crippen LogP contribution >= 0.6 is 0 Å². The molecule has 0 atom stereocenters. The van der Waals surface area contributed by atoms with Crippen LogP contribution in [0.1, 0.15) is 44.9 Å². The Morgan fingerprint density at radius 2 is 1.56 bits per heavy atom. The highest BCUT2D eigenvalue weighted by Crippen LogP contribution is 2.22. The molecule has 1 N–H and O–H groups in total. The molecule has 0 radical (unpaired) electrons. The van der Waals surface area contributed by atoms with Gasteiger partial charge >= 0.3 is 0 Å². The van der Waals surface area contributed by atoms with Crippen molar-refractivity contribution in [2.75, 3.05) is 33.7 Å². The fourth-order valence-corrected chi connectivity index (χ4v) is 3.53. The van der Waals surface area contributed by atoms with E-state index in [2.05, 4.69) is 19.0 Å². The Bertz CT molecular complexity index is 189. The number of quaternary nitrogens is 1. The zero-order valence-electron chi connectivity index (χ0n) is 11.2. The molecule has 1 saturated heterocycles. The maximum Gasteiger partial charge on any atom is 0.0799 e. The van der Waals surface area contributed by atoms with Gasteiger partial charge in [0.15, 0.2) is 0 Å². The van der Waals surface area contributed by atoms with Gasteiger partial charge in [-0.05, 0) is 26.9 Å². The van der Waals surface area contributed by atoms with E-state index in [-0.39, 0.29) is 0 Å². The van der Waals surface area contributed by atoms with Gasteiger partial charge in [-0.2, -0.15) is 0 Å². The summed E-state index contributed by atoms with van der Waals surface area (Å²) in [5.41, 5.74) is 0. The number of hydrogen-bond acceptors (Lipinski definition) is 1. The van der Waals surface area contributed by atoms with E-state index in [1.807, 2.05) is 4.90 Å². The van der Waals surface area contributed by atoms with Crippen molar-refractivity contribution in [2.24, 2.45) is 5.92 Å². The van der Waals surface area contributed by atoms with Crippen LogP contribution in [-0.2, 0) is 0 Å². The Morgan fingerprint density at radius 1 is 0.938 bits per heavy atom. The SMILES string of the molecule is CN(C)C1CC[NH+](CC2CCCCC2)CC1. The Hall–Kier alpha value is -0.0800. The lowest BCUT2D eigenvalue weighted by molar-refractivity contribution is -0.909. The van der Waals surface area contributed by atoms with Gasteiger partial charge in [-0.1, -0.05) is 19.3 Å². The quantitative estimate of drug-likeness (QED) is 0.758. The normalized spacial score (nSPS) is 33.2. The van der Waals surface area contributed by atoms with Gasteiger partial charge in [0.05, 0.1) is 19.6 Å². The highest BCUT2D eigenvalue weighted by molar-refractivity contribution is 4.70. The zero-order chi connectivity index (χ0) is 11.4. The van der Waals surface area contributed by atoms with Crippen molar-refractivity contribution >= 4 is 0 Å². The fourth-order valence-electron chi connectivity index (χ4n) is 3.53. The first-order chi connectivity index (χ1) is 7.75. The second-order valence-corrected chi connectivity index (χ2v) is 6.15. The van der Waals surface area contributed by atoms with Crippen LogP contribution in [0.25, 0.3) is 0 Å². The maximum absolute atomic E-state index is 2.41. The molecular weight excluding hydrogens is 196 g/mol. The molecule has 2 rings (SSSR count). The summed E-state index contributed by atoms with van der Waals surface area (Å²) >= 11 is 0. The summed E-state index contributed by atoms with van der Waals surface area (Å²) in [6.45, 7) is 4.30. The molecule has 2 heteroatoms. The van der Waals surface area contributed by atoms with Crippen molar-refractivity contribution in [3.8, 4) is 0 Å². The van der Waals surface area contributed by atoms with Gasteiger partial charge in [0, 0.05) is 24.8 Å². The summed E-state index contributed by atoms with van der Waals surface area (Å²) in [6, 6.07) is 0.857. The molecular formula is C14H29N2+. The summed E-state index contributed by atoms with van der Waals surface area (Å²) in [5, 5.41) is 0. The van der Waals surface area contributed by atoms with Gasteiger partial charge in [-0.3, -0.25) is 0 Å². The van der Waals surface area contributed by atoms with Crippen LogP contribution in [-0.4, -0.2) is 44.7 Å². The largest absolute Gasteiger partial charge is 0.335 e. The van der Waals surface area contributed by atoms with Crippen molar-refractivity contribution in [1.29, 1.82) is 0 Å². The van der Waals surface area contributed by atoms with E-state index in [0.717, 1.165) is 12.0 Å². The van der Waals surface area contributed by atoms with E-state index < -0.39 is 0 Å². The number of hydrogen-bond donors (Lipinski definition) is 1. The zero-order valence-corrected chi connectivity index (χ0v) is 11.2. The lowest BCUT2D eigenvalue weighted by Crippen LogP contribution is -3.14. The van der Waals surface area contributed by atoms with Gasteiger partial charge in [0.2, 0.25) is 0 Å². The third-order valence-electron chi connectivity index (χ3n) is 4.69. The van der Waals surface area contributed by atoms with Crippen molar-refractivity contribution in [2.45, 2.75) is 51.0 Å². The standard InChI is InChI=1S/C14H28N2/c1-15(2)14-8-10-16(11-9-14)12-13-6-4-3-5-7-13/h13-14H,3-12H2,1-2H3/p+1. The topological polar surface area (TPSA) is 7.68 Å². The molecule has 1 aliphatic heterocycles. The molecule has 94 valence electrons. The molecule has 0 bridgehead atoms. The molecule has 2 aliphatic rings. The average molecular weight is 225 g/mol.